The Morgan fingerprint density at radius 3 is 3.00 bits per heavy atom. The van der Waals surface area contributed by atoms with Crippen LogP contribution in [0.2, 0.25) is 0 Å². The van der Waals surface area contributed by atoms with Gasteiger partial charge in [0, 0.05) is 12.2 Å². The lowest BCUT2D eigenvalue weighted by Crippen LogP contribution is -2.05. The SMILES string of the molecule is C#Cc1cc(C(C)N)ccn1. The summed E-state index contributed by atoms with van der Waals surface area (Å²) in [4.78, 5) is 3.95. The normalized spacial score (nSPS) is 12.1. The van der Waals surface area contributed by atoms with Crippen LogP contribution in [0, 0.1) is 12.3 Å². The van der Waals surface area contributed by atoms with E-state index in [1.54, 1.807) is 6.20 Å². The fourth-order valence-electron chi connectivity index (χ4n) is 0.809. The molecule has 1 unspecified atom stereocenters. The predicted molar refractivity (Wildman–Crippen MR) is 44.8 cm³/mol. The van der Waals surface area contributed by atoms with Gasteiger partial charge in [0.15, 0.2) is 0 Å². The van der Waals surface area contributed by atoms with E-state index in [9.17, 15) is 0 Å². The number of nitrogens with zero attached hydrogens (tertiary/aromatic N) is 1. The van der Waals surface area contributed by atoms with Crippen LogP contribution in [0.4, 0.5) is 0 Å². The summed E-state index contributed by atoms with van der Waals surface area (Å²) in [6.07, 6.45) is 6.84. The number of pyridine rings is 1. The first-order valence-electron chi connectivity index (χ1n) is 3.42. The summed E-state index contributed by atoms with van der Waals surface area (Å²) in [6.45, 7) is 1.91. The van der Waals surface area contributed by atoms with Crippen LogP contribution in [0.1, 0.15) is 24.2 Å². The number of terminal acetylenes is 1. The number of nitrogens with two attached hydrogens (primary N) is 1. The Labute approximate surface area is 66.4 Å². The Hall–Kier alpha value is -1.33. The quantitative estimate of drug-likeness (QED) is 0.602. The van der Waals surface area contributed by atoms with Crippen LogP contribution in [0.3, 0.4) is 0 Å². The number of hydrogen-bond acceptors (Lipinski definition) is 2. The van der Waals surface area contributed by atoms with Gasteiger partial charge in [-0.05, 0) is 24.6 Å². The van der Waals surface area contributed by atoms with E-state index in [-0.39, 0.29) is 6.04 Å². The summed E-state index contributed by atoms with van der Waals surface area (Å²) in [5.41, 5.74) is 7.30. The molecule has 11 heavy (non-hydrogen) atoms. The van der Waals surface area contributed by atoms with Crippen LogP contribution in [0.5, 0.6) is 0 Å². The molecule has 0 bridgehead atoms. The average Bonchev–Trinajstić information content (AvgIpc) is 2.05. The average molecular weight is 146 g/mol. The van der Waals surface area contributed by atoms with E-state index in [0.717, 1.165) is 5.56 Å². The van der Waals surface area contributed by atoms with Crippen molar-refractivity contribution in [3.8, 4) is 12.3 Å². The Morgan fingerprint density at radius 2 is 2.45 bits per heavy atom. The Morgan fingerprint density at radius 1 is 1.73 bits per heavy atom. The predicted octanol–water partition coefficient (Wildman–Crippen LogP) is 1.08. The summed E-state index contributed by atoms with van der Waals surface area (Å²) in [6, 6.07) is 3.71. The molecule has 0 radical (unpaired) electrons. The molecular weight excluding hydrogens is 136 g/mol. The maximum Gasteiger partial charge on any atom is 0.113 e. The van der Waals surface area contributed by atoms with Gasteiger partial charge in [0.05, 0.1) is 0 Å². The molecule has 0 aliphatic rings. The number of aromatic nitrogens is 1. The second-order valence-corrected chi connectivity index (χ2v) is 2.41. The van der Waals surface area contributed by atoms with Crippen LogP contribution in [-0.4, -0.2) is 4.98 Å². The first-order chi connectivity index (χ1) is 5.24. The van der Waals surface area contributed by atoms with Crippen molar-refractivity contribution in [3.63, 3.8) is 0 Å². The molecule has 0 spiro atoms. The fourth-order valence-corrected chi connectivity index (χ4v) is 0.809. The number of rotatable bonds is 1. The fraction of sp³-hybridized carbons (Fsp3) is 0.222. The van der Waals surface area contributed by atoms with Crippen molar-refractivity contribution in [1.29, 1.82) is 0 Å². The molecule has 2 heteroatoms. The molecule has 2 nitrogen and oxygen atoms in total. The molecule has 0 fully saturated rings. The lowest BCUT2D eigenvalue weighted by molar-refractivity contribution is 0.814. The summed E-state index contributed by atoms with van der Waals surface area (Å²) >= 11 is 0. The van der Waals surface area contributed by atoms with E-state index in [1.807, 2.05) is 19.1 Å². The van der Waals surface area contributed by atoms with Gasteiger partial charge in [-0.1, -0.05) is 5.92 Å². The van der Waals surface area contributed by atoms with Gasteiger partial charge in [-0.15, -0.1) is 6.42 Å². The minimum Gasteiger partial charge on any atom is -0.324 e. The molecule has 0 saturated carbocycles. The standard InChI is InChI=1S/C9H10N2/c1-3-9-6-8(7(2)10)4-5-11-9/h1,4-7H,10H2,2H3. The lowest BCUT2D eigenvalue weighted by Gasteiger charge is -2.03. The molecule has 1 atom stereocenters. The Kier molecular flexibility index (Phi) is 2.25. The molecular formula is C9H10N2. The van der Waals surface area contributed by atoms with Gasteiger partial charge >= 0.3 is 0 Å². The molecule has 0 amide bonds. The van der Waals surface area contributed by atoms with Crippen molar-refractivity contribution in [2.24, 2.45) is 5.73 Å². The summed E-state index contributed by atoms with van der Waals surface area (Å²) in [5.74, 6) is 2.46. The van der Waals surface area contributed by atoms with Crippen LogP contribution >= 0.6 is 0 Å². The van der Waals surface area contributed by atoms with Crippen molar-refractivity contribution in [2.45, 2.75) is 13.0 Å². The van der Waals surface area contributed by atoms with E-state index in [2.05, 4.69) is 10.9 Å². The van der Waals surface area contributed by atoms with Crippen LogP contribution in [0.25, 0.3) is 0 Å². The van der Waals surface area contributed by atoms with E-state index in [1.165, 1.54) is 0 Å². The van der Waals surface area contributed by atoms with E-state index >= 15 is 0 Å². The van der Waals surface area contributed by atoms with Gasteiger partial charge in [-0.25, -0.2) is 4.98 Å². The molecule has 1 heterocycles. The molecule has 0 saturated heterocycles. The Bertz CT molecular complexity index is 284. The van der Waals surface area contributed by atoms with Gasteiger partial charge < -0.3 is 5.73 Å². The van der Waals surface area contributed by atoms with E-state index in [0.29, 0.717) is 5.69 Å². The van der Waals surface area contributed by atoms with E-state index < -0.39 is 0 Å². The van der Waals surface area contributed by atoms with Crippen LogP contribution in [0.15, 0.2) is 18.3 Å². The third-order valence-electron chi connectivity index (χ3n) is 1.46. The zero-order valence-corrected chi connectivity index (χ0v) is 6.41. The molecule has 1 aromatic rings. The van der Waals surface area contributed by atoms with Crippen LogP contribution in [-0.2, 0) is 0 Å². The van der Waals surface area contributed by atoms with Gasteiger partial charge in [0.2, 0.25) is 0 Å². The summed E-state index contributed by atoms with van der Waals surface area (Å²) in [5, 5.41) is 0. The smallest absolute Gasteiger partial charge is 0.113 e. The van der Waals surface area contributed by atoms with Crippen molar-refractivity contribution >= 4 is 0 Å². The third-order valence-corrected chi connectivity index (χ3v) is 1.46. The maximum atomic E-state index is 5.64. The lowest BCUT2D eigenvalue weighted by atomic mass is 10.1. The first kappa shape index (κ1) is 7.77. The van der Waals surface area contributed by atoms with Crippen molar-refractivity contribution in [1.82, 2.24) is 4.98 Å². The summed E-state index contributed by atoms with van der Waals surface area (Å²) < 4.78 is 0. The highest BCUT2D eigenvalue weighted by Crippen LogP contribution is 2.08. The second-order valence-electron chi connectivity index (χ2n) is 2.41. The van der Waals surface area contributed by atoms with Crippen molar-refractivity contribution in [3.05, 3.63) is 29.6 Å². The first-order valence-corrected chi connectivity index (χ1v) is 3.42. The van der Waals surface area contributed by atoms with Crippen LogP contribution < -0.4 is 5.73 Å². The maximum absolute atomic E-state index is 5.64. The number of hydrogen-bond donors (Lipinski definition) is 1. The second kappa shape index (κ2) is 3.18. The Balaban J connectivity index is 3.03. The molecule has 2 N–H and O–H groups in total. The highest BCUT2D eigenvalue weighted by Gasteiger charge is 1.98. The minimum absolute atomic E-state index is 0.0186. The summed E-state index contributed by atoms with van der Waals surface area (Å²) in [7, 11) is 0. The van der Waals surface area contributed by atoms with Crippen molar-refractivity contribution < 1.29 is 0 Å². The monoisotopic (exact) mass is 146 g/mol. The molecule has 1 rings (SSSR count). The van der Waals surface area contributed by atoms with Gasteiger partial charge in [-0.2, -0.15) is 0 Å². The molecule has 0 aromatic carbocycles. The van der Waals surface area contributed by atoms with Crippen molar-refractivity contribution in [2.75, 3.05) is 0 Å². The molecule has 0 aliphatic carbocycles. The molecule has 1 aromatic heterocycles. The van der Waals surface area contributed by atoms with Gasteiger partial charge in [-0.3, -0.25) is 0 Å². The van der Waals surface area contributed by atoms with E-state index in [4.69, 9.17) is 12.2 Å². The topological polar surface area (TPSA) is 38.9 Å². The third kappa shape index (κ3) is 1.79. The zero-order valence-electron chi connectivity index (χ0n) is 6.41. The molecule has 0 aliphatic heterocycles. The van der Waals surface area contributed by atoms with Gasteiger partial charge in [0.25, 0.3) is 0 Å². The zero-order chi connectivity index (χ0) is 8.27. The highest BCUT2D eigenvalue weighted by molar-refractivity contribution is 5.29. The van der Waals surface area contributed by atoms with Gasteiger partial charge in [0.1, 0.15) is 5.69 Å². The highest BCUT2D eigenvalue weighted by atomic mass is 14.7. The minimum atomic E-state index is 0.0186. The molecule has 56 valence electrons. The largest absolute Gasteiger partial charge is 0.324 e.